The van der Waals surface area contributed by atoms with Crippen LogP contribution in [0.5, 0.6) is 0 Å². The van der Waals surface area contributed by atoms with Crippen molar-refractivity contribution in [2.45, 2.75) is 39.0 Å². The number of carbonyl (C=O) groups excluding carboxylic acids is 2. The largest absolute Gasteiger partial charge is 0.365 e. The topological polar surface area (TPSA) is 72.2 Å². The van der Waals surface area contributed by atoms with Gasteiger partial charge in [0.2, 0.25) is 0 Å². The molecule has 2 heterocycles. The number of amides is 2. The molecule has 0 saturated carbocycles. The van der Waals surface area contributed by atoms with E-state index in [1.165, 1.54) is 40.4 Å². The zero-order valence-electron chi connectivity index (χ0n) is 13.1. The van der Waals surface area contributed by atoms with Gasteiger partial charge in [-0.15, -0.1) is 22.7 Å². The van der Waals surface area contributed by atoms with E-state index in [4.69, 9.17) is 5.73 Å². The van der Waals surface area contributed by atoms with E-state index in [1.807, 2.05) is 11.4 Å². The molecule has 23 heavy (non-hydrogen) atoms. The fourth-order valence-corrected chi connectivity index (χ4v) is 5.21. The van der Waals surface area contributed by atoms with Gasteiger partial charge in [0.05, 0.1) is 10.4 Å². The molecule has 1 aliphatic carbocycles. The van der Waals surface area contributed by atoms with E-state index in [1.54, 1.807) is 6.07 Å². The Morgan fingerprint density at radius 3 is 2.91 bits per heavy atom. The lowest BCUT2D eigenvalue weighted by molar-refractivity contribution is 0.1000. The van der Waals surface area contributed by atoms with Crippen LogP contribution < -0.4 is 11.1 Å². The molecule has 0 unspecified atom stereocenters. The first kappa shape index (κ1) is 16.2. The van der Waals surface area contributed by atoms with Crippen molar-refractivity contribution in [2.75, 3.05) is 5.32 Å². The molecule has 122 valence electrons. The Morgan fingerprint density at radius 2 is 2.26 bits per heavy atom. The number of hydrogen-bond donors (Lipinski definition) is 2. The molecular weight excluding hydrogens is 328 g/mol. The summed E-state index contributed by atoms with van der Waals surface area (Å²) in [5, 5.41) is 5.36. The quantitative estimate of drug-likeness (QED) is 0.855. The van der Waals surface area contributed by atoms with Crippen LogP contribution in [0.25, 0.3) is 0 Å². The standard InChI is InChI=1S/C17H20N2O2S2/c1-2-4-10-6-7-11-13(9-10)23-17(14(11)15(18)20)19-16(21)12-5-3-8-22-12/h3,5,8,10H,2,4,6-7,9H2,1H3,(H2,18,20)(H,19,21)/t10-/m1/s1. The number of nitrogens with one attached hydrogen (secondary N) is 1. The van der Waals surface area contributed by atoms with Gasteiger partial charge in [0.15, 0.2) is 0 Å². The molecule has 4 nitrogen and oxygen atoms in total. The molecular formula is C17H20N2O2S2. The number of anilines is 1. The van der Waals surface area contributed by atoms with E-state index >= 15 is 0 Å². The second-order valence-corrected chi connectivity index (χ2v) is 7.95. The van der Waals surface area contributed by atoms with Crippen LogP contribution in [-0.4, -0.2) is 11.8 Å². The van der Waals surface area contributed by atoms with Gasteiger partial charge in [0.25, 0.3) is 11.8 Å². The van der Waals surface area contributed by atoms with Gasteiger partial charge in [-0.3, -0.25) is 9.59 Å². The maximum absolute atomic E-state index is 12.3. The number of rotatable bonds is 5. The maximum Gasteiger partial charge on any atom is 0.266 e. The average Bonchev–Trinajstić information content (AvgIpc) is 3.14. The van der Waals surface area contributed by atoms with Gasteiger partial charge >= 0.3 is 0 Å². The predicted octanol–water partition coefficient (Wildman–Crippen LogP) is 4.07. The average molecular weight is 348 g/mol. The van der Waals surface area contributed by atoms with Crippen molar-refractivity contribution < 1.29 is 9.59 Å². The highest BCUT2D eigenvalue weighted by molar-refractivity contribution is 7.17. The second-order valence-electron chi connectivity index (χ2n) is 5.90. The van der Waals surface area contributed by atoms with Crippen molar-refractivity contribution in [2.24, 2.45) is 11.7 Å². The molecule has 0 aliphatic heterocycles. The molecule has 0 aromatic carbocycles. The Morgan fingerprint density at radius 1 is 1.43 bits per heavy atom. The summed E-state index contributed by atoms with van der Waals surface area (Å²) in [6.45, 7) is 2.20. The van der Waals surface area contributed by atoms with Gasteiger partial charge in [-0.25, -0.2) is 0 Å². The maximum atomic E-state index is 12.3. The zero-order chi connectivity index (χ0) is 16.4. The Labute approximate surface area is 143 Å². The van der Waals surface area contributed by atoms with Crippen molar-refractivity contribution in [3.05, 3.63) is 38.4 Å². The highest BCUT2D eigenvalue weighted by Crippen LogP contribution is 2.40. The van der Waals surface area contributed by atoms with Crippen LogP contribution in [0.15, 0.2) is 17.5 Å². The van der Waals surface area contributed by atoms with Crippen LogP contribution in [0.4, 0.5) is 5.00 Å². The second kappa shape index (κ2) is 6.84. The smallest absolute Gasteiger partial charge is 0.266 e. The predicted molar refractivity (Wildman–Crippen MR) is 95.5 cm³/mol. The van der Waals surface area contributed by atoms with E-state index in [-0.39, 0.29) is 5.91 Å². The van der Waals surface area contributed by atoms with E-state index in [2.05, 4.69) is 12.2 Å². The Balaban J connectivity index is 1.88. The number of fused-ring (bicyclic) bond motifs is 1. The lowest BCUT2D eigenvalue weighted by Crippen LogP contribution is -2.19. The first-order chi connectivity index (χ1) is 11.1. The Bertz CT molecular complexity index is 719. The molecule has 1 aliphatic rings. The van der Waals surface area contributed by atoms with Crippen molar-refractivity contribution in [3.8, 4) is 0 Å². The summed E-state index contributed by atoms with van der Waals surface area (Å²) in [4.78, 5) is 26.0. The highest BCUT2D eigenvalue weighted by atomic mass is 32.1. The van der Waals surface area contributed by atoms with E-state index in [0.29, 0.717) is 21.4 Å². The molecule has 2 aromatic heterocycles. The molecule has 0 saturated heterocycles. The van der Waals surface area contributed by atoms with Crippen LogP contribution in [-0.2, 0) is 12.8 Å². The summed E-state index contributed by atoms with van der Waals surface area (Å²) in [5.41, 5.74) is 7.16. The molecule has 0 spiro atoms. The fraction of sp³-hybridized carbons (Fsp3) is 0.412. The van der Waals surface area contributed by atoms with Gasteiger partial charge in [-0.1, -0.05) is 25.8 Å². The van der Waals surface area contributed by atoms with Crippen LogP contribution in [0.2, 0.25) is 0 Å². The zero-order valence-corrected chi connectivity index (χ0v) is 14.7. The molecule has 3 rings (SSSR count). The van der Waals surface area contributed by atoms with Crippen molar-refractivity contribution in [1.82, 2.24) is 0 Å². The van der Waals surface area contributed by atoms with Gasteiger partial charge < -0.3 is 11.1 Å². The number of hydrogen-bond acceptors (Lipinski definition) is 4. The van der Waals surface area contributed by atoms with Crippen LogP contribution in [0.3, 0.4) is 0 Å². The normalized spacial score (nSPS) is 16.8. The molecule has 0 bridgehead atoms. The minimum absolute atomic E-state index is 0.175. The van der Waals surface area contributed by atoms with Gasteiger partial charge in [0.1, 0.15) is 5.00 Å². The summed E-state index contributed by atoms with van der Waals surface area (Å²) in [5.74, 6) is 0.0526. The lowest BCUT2D eigenvalue weighted by Gasteiger charge is -2.21. The summed E-state index contributed by atoms with van der Waals surface area (Å²) >= 11 is 2.90. The third-order valence-electron chi connectivity index (χ3n) is 4.28. The molecule has 0 radical (unpaired) electrons. The first-order valence-electron chi connectivity index (χ1n) is 7.89. The molecule has 2 amide bonds. The lowest BCUT2D eigenvalue weighted by atomic mass is 9.84. The summed E-state index contributed by atoms with van der Waals surface area (Å²) in [7, 11) is 0. The molecule has 0 fully saturated rings. The number of primary amides is 1. The van der Waals surface area contributed by atoms with Crippen LogP contribution in [0.1, 0.15) is 56.7 Å². The van der Waals surface area contributed by atoms with Crippen LogP contribution in [0, 0.1) is 5.92 Å². The molecule has 3 N–H and O–H groups in total. The third-order valence-corrected chi connectivity index (χ3v) is 6.32. The summed E-state index contributed by atoms with van der Waals surface area (Å²) in [6, 6.07) is 3.61. The summed E-state index contributed by atoms with van der Waals surface area (Å²) < 4.78 is 0. The van der Waals surface area contributed by atoms with Gasteiger partial charge in [-0.05, 0) is 42.2 Å². The summed E-state index contributed by atoms with van der Waals surface area (Å²) in [6.07, 6.45) is 5.35. The minimum Gasteiger partial charge on any atom is -0.365 e. The van der Waals surface area contributed by atoms with Crippen molar-refractivity contribution in [1.29, 1.82) is 0 Å². The molecule has 2 aromatic rings. The number of nitrogens with two attached hydrogens (primary N) is 1. The van der Waals surface area contributed by atoms with Crippen molar-refractivity contribution in [3.63, 3.8) is 0 Å². The van der Waals surface area contributed by atoms with Gasteiger partial charge in [0, 0.05) is 4.88 Å². The third kappa shape index (κ3) is 3.33. The SMILES string of the molecule is CCC[C@@H]1CCc2c(sc(NC(=O)c3cccs3)c2C(N)=O)C1. The fourth-order valence-electron chi connectivity index (χ4n) is 3.23. The molecule has 6 heteroatoms. The molecule has 1 atom stereocenters. The number of carbonyl (C=O) groups is 2. The monoisotopic (exact) mass is 348 g/mol. The number of thiophene rings is 2. The Kier molecular flexibility index (Phi) is 4.82. The highest BCUT2D eigenvalue weighted by Gasteiger charge is 2.28. The van der Waals surface area contributed by atoms with E-state index in [0.717, 1.165) is 24.8 Å². The minimum atomic E-state index is -0.446. The first-order valence-corrected chi connectivity index (χ1v) is 9.59. The van der Waals surface area contributed by atoms with Crippen molar-refractivity contribution >= 4 is 39.5 Å². The van der Waals surface area contributed by atoms with E-state index in [9.17, 15) is 9.59 Å². The van der Waals surface area contributed by atoms with E-state index < -0.39 is 5.91 Å². The Hall–Kier alpha value is -1.66. The van der Waals surface area contributed by atoms with Crippen LogP contribution >= 0.6 is 22.7 Å². The van der Waals surface area contributed by atoms with Gasteiger partial charge in [-0.2, -0.15) is 0 Å².